The van der Waals surface area contributed by atoms with E-state index in [1.807, 2.05) is 11.0 Å². The zero-order chi connectivity index (χ0) is 15.8. The molecule has 1 aliphatic rings. The highest BCUT2D eigenvalue weighted by atomic mass is 16.2. The van der Waals surface area contributed by atoms with Crippen LogP contribution in [-0.2, 0) is 11.3 Å². The maximum absolute atomic E-state index is 11.9. The molecule has 0 saturated carbocycles. The average molecular weight is 305 g/mol. The summed E-state index contributed by atoms with van der Waals surface area (Å²) in [6.07, 6.45) is 4.39. The Morgan fingerprint density at radius 1 is 1.35 bits per heavy atom. The summed E-state index contributed by atoms with van der Waals surface area (Å²) >= 11 is 0. The van der Waals surface area contributed by atoms with Crippen molar-refractivity contribution in [2.75, 3.05) is 6.54 Å². The summed E-state index contributed by atoms with van der Waals surface area (Å²) in [5.74, 6) is 0.943. The molecule has 23 heavy (non-hydrogen) atoms. The van der Waals surface area contributed by atoms with Gasteiger partial charge in [0.1, 0.15) is 5.82 Å². The number of aromatic amines is 1. The van der Waals surface area contributed by atoms with E-state index in [-0.39, 0.29) is 5.91 Å². The van der Waals surface area contributed by atoms with Gasteiger partial charge in [0.05, 0.1) is 40.9 Å². The second-order valence-corrected chi connectivity index (χ2v) is 5.82. The van der Waals surface area contributed by atoms with Gasteiger partial charge in [0.2, 0.25) is 5.91 Å². The summed E-state index contributed by atoms with van der Waals surface area (Å²) in [6.45, 7) is 1.28. The monoisotopic (exact) mass is 305 g/mol. The lowest BCUT2D eigenvalue weighted by Gasteiger charge is -2.25. The number of carbonyl (C=O) groups is 1. The number of hydrogen-bond acceptors (Lipinski definition) is 4. The number of amides is 1. The van der Waals surface area contributed by atoms with Gasteiger partial charge in [-0.1, -0.05) is 0 Å². The van der Waals surface area contributed by atoms with Crippen molar-refractivity contribution < 1.29 is 4.79 Å². The Morgan fingerprint density at radius 2 is 2.26 bits per heavy atom. The van der Waals surface area contributed by atoms with E-state index in [9.17, 15) is 4.79 Å². The van der Waals surface area contributed by atoms with E-state index in [1.165, 1.54) is 0 Å². The zero-order valence-electron chi connectivity index (χ0n) is 12.5. The maximum Gasteiger partial charge on any atom is 0.222 e. The molecule has 6 nitrogen and oxygen atoms in total. The summed E-state index contributed by atoms with van der Waals surface area (Å²) in [4.78, 5) is 26.1. The highest BCUT2D eigenvalue weighted by Crippen LogP contribution is 2.23. The van der Waals surface area contributed by atoms with Gasteiger partial charge in [-0.3, -0.25) is 9.78 Å². The number of nitrogens with zero attached hydrogens (tertiary/aromatic N) is 4. The molecule has 1 saturated heterocycles. The van der Waals surface area contributed by atoms with Crippen LogP contribution in [0.5, 0.6) is 0 Å². The number of hydrogen-bond donors (Lipinski definition) is 1. The van der Waals surface area contributed by atoms with E-state index < -0.39 is 0 Å². The first-order valence-corrected chi connectivity index (χ1v) is 7.70. The largest absolute Gasteiger partial charge is 0.339 e. The van der Waals surface area contributed by atoms with Crippen LogP contribution in [-0.4, -0.2) is 32.3 Å². The van der Waals surface area contributed by atoms with Crippen LogP contribution in [0.3, 0.4) is 0 Å². The number of aromatic nitrogens is 3. The smallest absolute Gasteiger partial charge is 0.222 e. The molecule has 0 spiro atoms. The summed E-state index contributed by atoms with van der Waals surface area (Å²) < 4.78 is 0. The van der Waals surface area contributed by atoms with Crippen molar-refractivity contribution in [2.24, 2.45) is 0 Å². The van der Waals surface area contributed by atoms with Crippen molar-refractivity contribution in [3.8, 4) is 6.07 Å². The fraction of sp³-hybridized carbons (Fsp3) is 0.294. The molecule has 4 rings (SSSR count). The second-order valence-electron chi connectivity index (χ2n) is 5.82. The number of fused-ring (bicyclic) bond motifs is 3. The van der Waals surface area contributed by atoms with Crippen molar-refractivity contribution in [3.05, 3.63) is 35.8 Å². The number of benzene rings is 1. The number of nitriles is 1. The van der Waals surface area contributed by atoms with Crippen molar-refractivity contribution in [3.63, 3.8) is 0 Å². The number of nitrogens with one attached hydrogen (secondary N) is 1. The van der Waals surface area contributed by atoms with Gasteiger partial charge >= 0.3 is 0 Å². The van der Waals surface area contributed by atoms with Crippen LogP contribution in [0.15, 0.2) is 24.4 Å². The Balaban J connectivity index is 1.76. The van der Waals surface area contributed by atoms with E-state index in [1.54, 1.807) is 18.3 Å². The standard InChI is InChI=1S/C17H15N5O/c18-8-11-4-5-13-12(7-11)17-14(9-19-13)20-15(21-17)10-22-6-2-1-3-16(22)23/h4-5,7,9H,1-3,6,10H2,(H,20,21). The minimum atomic E-state index is 0.187. The molecule has 2 aromatic heterocycles. The number of likely N-dealkylation sites (tertiary alicyclic amines) is 1. The number of H-pyrrole nitrogens is 1. The molecular formula is C17H15N5O. The molecule has 114 valence electrons. The fourth-order valence-electron chi connectivity index (χ4n) is 3.06. The van der Waals surface area contributed by atoms with E-state index in [0.717, 1.165) is 47.1 Å². The third-order valence-corrected chi connectivity index (χ3v) is 4.26. The number of pyridine rings is 1. The highest BCUT2D eigenvalue weighted by molar-refractivity contribution is 6.02. The first-order valence-electron chi connectivity index (χ1n) is 7.70. The van der Waals surface area contributed by atoms with Crippen LogP contribution < -0.4 is 0 Å². The number of rotatable bonds is 2. The predicted molar refractivity (Wildman–Crippen MR) is 85.4 cm³/mol. The first-order chi connectivity index (χ1) is 11.2. The molecule has 1 aromatic carbocycles. The third kappa shape index (κ3) is 2.40. The molecule has 6 heteroatoms. The highest BCUT2D eigenvalue weighted by Gasteiger charge is 2.19. The van der Waals surface area contributed by atoms with Crippen LogP contribution in [0.2, 0.25) is 0 Å². The average Bonchev–Trinajstić information content (AvgIpc) is 2.99. The molecule has 1 fully saturated rings. The summed E-state index contributed by atoms with van der Waals surface area (Å²) in [5.41, 5.74) is 3.02. The van der Waals surface area contributed by atoms with Gasteiger partial charge in [0, 0.05) is 18.4 Å². The first kappa shape index (κ1) is 13.7. The lowest BCUT2D eigenvalue weighted by atomic mass is 10.1. The van der Waals surface area contributed by atoms with Crippen LogP contribution >= 0.6 is 0 Å². The van der Waals surface area contributed by atoms with Crippen molar-refractivity contribution in [1.82, 2.24) is 19.9 Å². The van der Waals surface area contributed by atoms with E-state index >= 15 is 0 Å². The van der Waals surface area contributed by atoms with Gasteiger partial charge in [-0.2, -0.15) is 5.26 Å². The molecule has 1 aliphatic heterocycles. The SMILES string of the molecule is N#Cc1ccc2ncc3[nH]c(CN4CCCCC4=O)nc3c2c1. The molecule has 1 amide bonds. The van der Waals surface area contributed by atoms with E-state index in [4.69, 9.17) is 5.26 Å². The molecule has 3 aromatic rings. The number of carbonyl (C=O) groups excluding carboxylic acids is 1. The van der Waals surface area contributed by atoms with Gasteiger partial charge < -0.3 is 9.88 Å². The second kappa shape index (κ2) is 5.36. The predicted octanol–water partition coefficient (Wildman–Crippen LogP) is 2.50. The molecular weight excluding hydrogens is 290 g/mol. The van der Waals surface area contributed by atoms with Crippen LogP contribution in [0.4, 0.5) is 0 Å². The fourth-order valence-corrected chi connectivity index (χ4v) is 3.06. The molecule has 0 bridgehead atoms. The van der Waals surface area contributed by atoms with Gasteiger partial charge in [0.25, 0.3) is 0 Å². The van der Waals surface area contributed by atoms with Crippen molar-refractivity contribution >= 4 is 27.8 Å². The molecule has 0 radical (unpaired) electrons. The Labute approximate surface area is 132 Å². The zero-order valence-corrected chi connectivity index (χ0v) is 12.5. The minimum Gasteiger partial charge on any atom is -0.339 e. The number of imidazole rings is 1. The van der Waals surface area contributed by atoms with E-state index in [0.29, 0.717) is 18.5 Å². The van der Waals surface area contributed by atoms with Crippen molar-refractivity contribution in [2.45, 2.75) is 25.8 Å². The topological polar surface area (TPSA) is 85.7 Å². The molecule has 0 aliphatic carbocycles. The number of piperidine rings is 1. The minimum absolute atomic E-state index is 0.187. The van der Waals surface area contributed by atoms with Gasteiger partial charge in [-0.15, -0.1) is 0 Å². The van der Waals surface area contributed by atoms with Gasteiger partial charge in [-0.05, 0) is 31.0 Å². The lowest BCUT2D eigenvalue weighted by molar-refractivity contribution is -0.133. The summed E-state index contributed by atoms with van der Waals surface area (Å²) in [5, 5.41) is 9.93. The third-order valence-electron chi connectivity index (χ3n) is 4.26. The van der Waals surface area contributed by atoms with Gasteiger partial charge in [0.15, 0.2) is 0 Å². The Morgan fingerprint density at radius 3 is 3.09 bits per heavy atom. The molecule has 1 N–H and O–H groups in total. The quantitative estimate of drug-likeness (QED) is 0.788. The molecule has 0 atom stereocenters. The van der Waals surface area contributed by atoms with E-state index in [2.05, 4.69) is 21.0 Å². The van der Waals surface area contributed by atoms with Crippen molar-refractivity contribution in [1.29, 1.82) is 5.26 Å². The maximum atomic E-state index is 11.9. The van der Waals surface area contributed by atoms with Crippen LogP contribution in [0.1, 0.15) is 30.7 Å². The Hall–Kier alpha value is -2.94. The normalized spacial score (nSPS) is 15.3. The summed E-state index contributed by atoms with van der Waals surface area (Å²) in [7, 11) is 0. The Kier molecular flexibility index (Phi) is 3.19. The summed E-state index contributed by atoms with van der Waals surface area (Å²) in [6, 6.07) is 7.53. The Bertz CT molecular complexity index is 953. The molecule has 3 heterocycles. The van der Waals surface area contributed by atoms with Gasteiger partial charge in [-0.25, -0.2) is 4.98 Å². The van der Waals surface area contributed by atoms with Crippen LogP contribution in [0, 0.1) is 11.3 Å². The molecule has 0 unspecified atom stereocenters. The lowest BCUT2D eigenvalue weighted by Crippen LogP contribution is -2.34. The van der Waals surface area contributed by atoms with Crippen LogP contribution in [0.25, 0.3) is 21.9 Å².